The molecule has 0 aliphatic rings. The standard InChI is InChI=1S/C18H16N2O2S/c21-18(20-19-11-17-6-3-9-22-17)13-23-12-14-7-8-15-4-1-2-5-16(15)10-14/h1-11H,12-13H2,(H,20,21)/b19-11-. The molecule has 0 atom stereocenters. The maximum absolute atomic E-state index is 11.7. The molecule has 0 saturated carbocycles. The van der Waals surface area contributed by atoms with E-state index in [9.17, 15) is 4.79 Å². The van der Waals surface area contributed by atoms with E-state index in [0.717, 1.165) is 5.75 Å². The third kappa shape index (κ3) is 4.47. The third-order valence-electron chi connectivity index (χ3n) is 3.24. The summed E-state index contributed by atoms with van der Waals surface area (Å²) in [5.41, 5.74) is 3.70. The fourth-order valence-electron chi connectivity index (χ4n) is 2.16. The first-order valence-corrected chi connectivity index (χ1v) is 8.37. The Labute approximate surface area is 138 Å². The normalized spacial score (nSPS) is 11.1. The second-order valence-corrected chi connectivity index (χ2v) is 5.97. The molecule has 0 unspecified atom stereocenters. The van der Waals surface area contributed by atoms with Gasteiger partial charge < -0.3 is 4.42 Å². The molecule has 1 heterocycles. The van der Waals surface area contributed by atoms with Crippen molar-refractivity contribution in [2.24, 2.45) is 5.10 Å². The number of furan rings is 1. The van der Waals surface area contributed by atoms with E-state index >= 15 is 0 Å². The van der Waals surface area contributed by atoms with Gasteiger partial charge in [-0.15, -0.1) is 11.8 Å². The first kappa shape index (κ1) is 15.4. The number of fused-ring (bicyclic) bond motifs is 1. The molecule has 0 radical (unpaired) electrons. The van der Waals surface area contributed by atoms with Crippen LogP contribution in [0.25, 0.3) is 10.8 Å². The predicted molar refractivity (Wildman–Crippen MR) is 94.6 cm³/mol. The molecule has 5 heteroatoms. The number of benzene rings is 2. The molecule has 3 rings (SSSR count). The summed E-state index contributed by atoms with van der Waals surface area (Å²) in [6.45, 7) is 0. The van der Waals surface area contributed by atoms with Gasteiger partial charge in [-0.05, 0) is 28.5 Å². The fraction of sp³-hybridized carbons (Fsp3) is 0.111. The van der Waals surface area contributed by atoms with E-state index in [0.29, 0.717) is 11.5 Å². The zero-order valence-corrected chi connectivity index (χ0v) is 13.3. The molecular formula is C18H16N2O2S. The summed E-state index contributed by atoms with van der Waals surface area (Å²) in [5.74, 6) is 1.63. The van der Waals surface area contributed by atoms with Crippen molar-refractivity contribution < 1.29 is 9.21 Å². The number of hydrazone groups is 1. The highest BCUT2D eigenvalue weighted by atomic mass is 32.2. The molecule has 0 saturated heterocycles. The molecule has 1 amide bonds. The van der Waals surface area contributed by atoms with Crippen molar-refractivity contribution in [1.82, 2.24) is 5.43 Å². The Bertz CT molecular complexity index is 813. The SMILES string of the molecule is O=C(CSCc1ccc2ccccc2c1)N/N=C\c1ccco1. The molecule has 4 nitrogen and oxygen atoms in total. The maximum Gasteiger partial charge on any atom is 0.250 e. The lowest BCUT2D eigenvalue weighted by molar-refractivity contribution is -0.118. The van der Waals surface area contributed by atoms with Gasteiger partial charge in [0.15, 0.2) is 0 Å². The van der Waals surface area contributed by atoms with Gasteiger partial charge in [0.2, 0.25) is 5.91 Å². The van der Waals surface area contributed by atoms with Crippen LogP contribution in [0.2, 0.25) is 0 Å². The number of nitrogens with one attached hydrogen (secondary N) is 1. The Morgan fingerprint density at radius 2 is 2.00 bits per heavy atom. The van der Waals surface area contributed by atoms with Gasteiger partial charge in [-0.25, -0.2) is 5.43 Å². The van der Waals surface area contributed by atoms with Crippen LogP contribution in [0.4, 0.5) is 0 Å². The van der Waals surface area contributed by atoms with Crippen LogP contribution in [0.15, 0.2) is 70.4 Å². The van der Waals surface area contributed by atoms with Gasteiger partial charge in [-0.1, -0.05) is 42.5 Å². The molecule has 116 valence electrons. The second-order valence-electron chi connectivity index (χ2n) is 4.98. The summed E-state index contributed by atoms with van der Waals surface area (Å²) in [6, 6.07) is 18.2. The van der Waals surface area contributed by atoms with Gasteiger partial charge >= 0.3 is 0 Å². The Balaban J connectivity index is 1.45. The molecule has 3 aromatic rings. The third-order valence-corrected chi connectivity index (χ3v) is 4.24. The van der Waals surface area contributed by atoms with Crippen LogP contribution >= 0.6 is 11.8 Å². The van der Waals surface area contributed by atoms with Crippen molar-refractivity contribution in [1.29, 1.82) is 0 Å². The fourth-order valence-corrected chi connectivity index (χ4v) is 2.92. The van der Waals surface area contributed by atoms with Crippen LogP contribution in [0.5, 0.6) is 0 Å². The van der Waals surface area contributed by atoms with Crippen molar-refractivity contribution in [3.8, 4) is 0 Å². The number of carbonyl (C=O) groups excluding carboxylic acids is 1. The lowest BCUT2D eigenvalue weighted by Crippen LogP contribution is -2.19. The molecule has 0 aliphatic carbocycles. The van der Waals surface area contributed by atoms with Crippen molar-refractivity contribution in [3.05, 3.63) is 72.2 Å². The van der Waals surface area contributed by atoms with Gasteiger partial charge in [0.25, 0.3) is 0 Å². The molecule has 0 aliphatic heterocycles. The van der Waals surface area contributed by atoms with Crippen molar-refractivity contribution >= 4 is 34.7 Å². The Hall–Kier alpha value is -2.53. The zero-order valence-electron chi connectivity index (χ0n) is 12.4. The van der Waals surface area contributed by atoms with E-state index in [1.54, 1.807) is 30.2 Å². The summed E-state index contributed by atoms with van der Waals surface area (Å²) < 4.78 is 5.08. The average Bonchev–Trinajstić information content (AvgIpc) is 3.08. The average molecular weight is 324 g/mol. The van der Waals surface area contributed by atoms with E-state index in [4.69, 9.17) is 4.42 Å². The van der Waals surface area contributed by atoms with Gasteiger partial charge in [-0.3, -0.25) is 4.79 Å². The number of amides is 1. The van der Waals surface area contributed by atoms with E-state index in [1.165, 1.54) is 22.6 Å². The van der Waals surface area contributed by atoms with Gasteiger partial charge in [-0.2, -0.15) is 5.10 Å². The van der Waals surface area contributed by atoms with Crippen LogP contribution in [0, 0.1) is 0 Å². The monoisotopic (exact) mass is 324 g/mol. The smallest absolute Gasteiger partial charge is 0.250 e. The highest BCUT2D eigenvalue weighted by molar-refractivity contribution is 7.99. The van der Waals surface area contributed by atoms with Crippen molar-refractivity contribution in [3.63, 3.8) is 0 Å². The zero-order chi connectivity index (χ0) is 15.9. The molecule has 1 aromatic heterocycles. The Morgan fingerprint density at radius 1 is 1.13 bits per heavy atom. The van der Waals surface area contributed by atoms with E-state index in [2.05, 4.69) is 40.9 Å². The largest absolute Gasteiger partial charge is 0.463 e. The Morgan fingerprint density at radius 3 is 2.83 bits per heavy atom. The molecule has 0 fully saturated rings. The van der Waals surface area contributed by atoms with Crippen LogP contribution in [-0.4, -0.2) is 17.9 Å². The van der Waals surface area contributed by atoms with Crippen molar-refractivity contribution in [2.45, 2.75) is 5.75 Å². The first-order valence-electron chi connectivity index (χ1n) is 7.22. The first-order chi connectivity index (χ1) is 11.3. The number of hydrogen-bond donors (Lipinski definition) is 1. The number of nitrogens with zero attached hydrogens (tertiary/aromatic N) is 1. The van der Waals surface area contributed by atoms with Gasteiger partial charge in [0.05, 0.1) is 18.2 Å². The highest BCUT2D eigenvalue weighted by Crippen LogP contribution is 2.19. The van der Waals surface area contributed by atoms with Crippen LogP contribution in [0.3, 0.4) is 0 Å². The predicted octanol–water partition coefficient (Wildman–Crippen LogP) is 3.82. The summed E-state index contributed by atoms with van der Waals surface area (Å²) in [6.07, 6.45) is 3.04. The summed E-state index contributed by atoms with van der Waals surface area (Å²) in [4.78, 5) is 11.7. The summed E-state index contributed by atoms with van der Waals surface area (Å²) >= 11 is 1.56. The minimum atomic E-state index is -0.126. The molecule has 0 bridgehead atoms. The molecule has 0 spiro atoms. The number of hydrogen-bond acceptors (Lipinski definition) is 4. The van der Waals surface area contributed by atoms with Gasteiger partial charge in [0, 0.05) is 5.75 Å². The second kappa shape index (κ2) is 7.65. The number of carbonyl (C=O) groups is 1. The number of rotatable bonds is 6. The Kier molecular flexibility index (Phi) is 5.11. The van der Waals surface area contributed by atoms with E-state index in [1.807, 2.05) is 12.1 Å². The van der Waals surface area contributed by atoms with E-state index in [-0.39, 0.29) is 5.91 Å². The van der Waals surface area contributed by atoms with Crippen molar-refractivity contribution in [2.75, 3.05) is 5.75 Å². The summed E-state index contributed by atoms with van der Waals surface area (Å²) in [7, 11) is 0. The minimum Gasteiger partial charge on any atom is -0.463 e. The van der Waals surface area contributed by atoms with Gasteiger partial charge in [0.1, 0.15) is 5.76 Å². The lowest BCUT2D eigenvalue weighted by Gasteiger charge is -2.03. The minimum absolute atomic E-state index is 0.126. The molecule has 1 N–H and O–H groups in total. The van der Waals surface area contributed by atoms with E-state index < -0.39 is 0 Å². The summed E-state index contributed by atoms with van der Waals surface area (Å²) in [5, 5.41) is 6.30. The number of thioether (sulfide) groups is 1. The molecule has 23 heavy (non-hydrogen) atoms. The quantitative estimate of drug-likeness (QED) is 0.554. The van der Waals surface area contributed by atoms with Crippen LogP contribution in [0.1, 0.15) is 11.3 Å². The maximum atomic E-state index is 11.7. The van der Waals surface area contributed by atoms with Crippen LogP contribution in [-0.2, 0) is 10.5 Å². The van der Waals surface area contributed by atoms with Crippen LogP contribution < -0.4 is 5.43 Å². The molecule has 2 aromatic carbocycles. The molecular weight excluding hydrogens is 308 g/mol. The lowest BCUT2D eigenvalue weighted by atomic mass is 10.1. The topological polar surface area (TPSA) is 54.6 Å². The highest BCUT2D eigenvalue weighted by Gasteiger charge is 2.02.